The van der Waals surface area contributed by atoms with Crippen LogP contribution < -0.4 is 5.32 Å². The molecule has 6 nitrogen and oxygen atoms in total. The van der Waals surface area contributed by atoms with Crippen molar-refractivity contribution in [2.45, 2.75) is 24.8 Å². The van der Waals surface area contributed by atoms with E-state index in [1.807, 2.05) is 31.2 Å². The second-order valence-corrected chi connectivity index (χ2v) is 8.48. The van der Waals surface area contributed by atoms with Crippen molar-refractivity contribution in [1.82, 2.24) is 9.62 Å². The van der Waals surface area contributed by atoms with Crippen molar-refractivity contribution in [3.63, 3.8) is 0 Å². The van der Waals surface area contributed by atoms with E-state index in [0.717, 1.165) is 16.7 Å². The fourth-order valence-corrected chi connectivity index (χ4v) is 4.37. The number of hydrogen-bond donors (Lipinski definition) is 1. The fraction of sp³-hybridized carbons (Fsp3) is 0.350. The lowest BCUT2D eigenvalue weighted by Crippen LogP contribution is -2.40. The predicted molar refractivity (Wildman–Crippen MR) is 103 cm³/mol. The van der Waals surface area contributed by atoms with E-state index in [2.05, 4.69) is 5.32 Å². The van der Waals surface area contributed by atoms with Gasteiger partial charge in [-0.1, -0.05) is 36.4 Å². The first kappa shape index (κ1) is 19.5. The quantitative estimate of drug-likeness (QED) is 0.820. The normalized spacial score (nSPS) is 15.4. The average Bonchev–Trinajstić information content (AvgIpc) is 2.69. The molecule has 1 aliphatic heterocycles. The molecule has 144 valence electrons. The Kier molecular flexibility index (Phi) is 6.26. The van der Waals surface area contributed by atoms with E-state index in [9.17, 15) is 13.2 Å². The van der Waals surface area contributed by atoms with Crippen LogP contribution in [0.5, 0.6) is 0 Å². The van der Waals surface area contributed by atoms with E-state index in [-0.39, 0.29) is 10.8 Å². The first-order valence-corrected chi connectivity index (χ1v) is 10.4. The smallest absolute Gasteiger partial charge is 0.243 e. The lowest BCUT2D eigenvalue weighted by molar-refractivity contribution is -0.120. The molecule has 2 aromatic rings. The molecule has 0 spiro atoms. The van der Waals surface area contributed by atoms with E-state index in [4.69, 9.17) is 4.74 Å². The summed E-state index contributed by atoms with van der Waals surface area (Å²) in [5, 5.41) is 2.88. The summed E-state index contributed by atoms with van der Waals surface area (Å²) in [5.41, 5.74) is 2.95. The van der Waals surface area contributed by atoms with Gasteiger partial charge < -0.3 is 10.1 Å². The van der Waals surface area contributed by atoms with Crippen molar-refractivity contribution in [1.29, 1.82) is 0 Å². The van der Waals surface area contributed by atoms with Gasteiger partial charge in [0.1, 0.15) is 0 Å². The number of carbonyl (C=O) groups is 1. The number of hydrogen-bond acceptors (Lipinski definition) is 4. The number of benzene rings is 2. The molecule has 27 heavy (non-hydrogen) atoms. The zero-order valence-corrected chi connectivity index (χ0v) is 16.2. The maximum absolute atomic E-state index is 12.6. The summed E-state index contributed by atoms with van der Waals surface area (Å²) in [4.78, 5) is 12.4. The molecule has 7 heteroatoms. The van der Waals surface area contributed by atoms with E-state index in [0.29, 0.717) is 39.3 Å². The first-order valence-electron chi connectivity index (χ1n) is 8.95. The first-order chi connectivity index (χ1) is 13.0. The van der Waals surface area contributed by atoms with Gasteiger partial charge in [0.25, 0.3) is 0 Å². The maximum Gasteiger partial charge on any atom is 0.243 e. The number of sulfonamides is 1. The number of morpholine rings is 1. The number of nitrogens with zero attached hydrogens (tertiary/aromatic N) is 1. The molecule has 0 aromatic heterocycles. The van der Waals surface area contributed by atoms with Gasteiger partial charge in [-0.2, -0.15) is 4.31 Å². The lowest BCUT2D eigenvalue weighted by atomic mass is 10.1. The molecule has 2 aromatic carbocycles. The third-order valence-corrected chi connectivity index (χ3v) is 6.55. The maximum atomic E-state index is 12.6. The van der Waals surface area contributed by atoms with Crippen LogP contribution in [0, 0.1) is 6.92 Å². The van der Waals surface area contributed by atoms with Gasteiger partial charge in [-0.25, -0.2) is 8.42 Å². The fourth-order valence-electron chi connectivity index (χ4n) is 2.96. The minimum atomic E-state index is -3.49. The van der Waals surface area contributed by atoms with Gasteiger partial charge >= 0.3 is 0 Å². The van der Waals surface area contributed by atoms with Crippen molar-refractivity contribution in [3.05, 3.63) is 65.2 Å². The van der Waals surface area contributed by atoms with E-state index >= 15 is 0 Å². The van der Waals surface area contributed by atoms with Crippen molar-refractivity contribution in [3.8, 4) is 0 Å². The number of amides is 1. The van der Waals surface area contributed by atoms with Crippen LogP contribution in [-0.2, 0) is 32.5 Å². The molecule has 1 amide bonds. The number of rotatable bonds is 6. The van der Waals surface area contributed by atoms with E-state index in [1.54, 1.807) is 24.3 Å². The van der Waals surface area contributed by atoms with Gasteiger partial charge in [0.05, 0.1) is 24.5 Å². The van der Waals surface area contributed by atoms with Crippen molar-refractivity contribution in [2.24, 2.45) is 0 Å². The van der Waals surface area contributed by atoms with Crippen molar-refractivity contribution >= 4 is 15.9 Å². The Morgan fingerprint density at radius 2 is 1.74 bits per heavy atom. The minimum absolute atomic E-state index is 0.0608. The van der Waals surface area contributed by atoms with Crippen LogP contribution in [0.15, 0.2) is 53.4 Å². The van der Waals surface area contributed by atoms with Crippen LogP contribution in [-0.4, -0.2) is 44.9 Å². The molecule has 3 rings (SSSR count). The van der Waals surface area contributed by atoms with E-state index in [1.165, 1.54) is 4.31 Å². The zero-order chi connectivity index (χ0) is 19.3. The number of nitrogens with one attached hydrogen (secondary N) is 1. The Morgan fingerprint density at radius 3 is 2.41 bits per heavy atom. The largest absolute Gasteiger partial charge is 0.379 e. The number of ether oxygens (including phenoxy) is 1. The lowest BCUT2D eigenvalue weighted by Gasteiger charge is -2.26. The molecule has 0 bridgehead atoms. The van der Waals surface area contributed by atoms with Gasteiger partial charge in [-0.3, -0.25) is 4.79 Å². The predicted octanol–water partition coefficient (Wildman–Crippen LogP) is 1.87. The van der Waals surface area contributed by atoms with Gasteiger partial charge in [0.15, 0.2) is 0 Å². The zero-order valence-electron chi connectivity index (χ0n) is 15.3. The highest BCUT2D eigenvalue weighted by molar-refractivity contribution is 7.89. The Morgan fingerprint density at radius 1 is 1.07 bits per heavy atom. The summed E-state index contributed by atoms with van der Waals surface area (Å²) in [6.45, 7) is 3.94. The van der Waals surface area contributed by atoms with Gasteiger partial charge in [-0.05, 0) is 35.7 Å². The average molecular weight is 388 g/mol. The highest BCUT2D eigenvalue weighted by Gasteiger charge is 2.26. The highest BCUT2D eigenvalue weighted by Crippen LogP contribution is 2.17. The topological polar surface area (TPSA) is 75.7 Å². The van der Waals surface area contributed by atoms with Gasteiger partial charge in [-0.15, -0.1) is 0 Å². The second-order valence-electron chi connectivity index (χ2n) is 6.54. The monoisotopic (exact) mass is 388 g/mol. The van der Waals surface area contributed by atoms with Gasteiger partial charge in [0, 0.05) is 19.6 Å². The molecule has 1 N–H and O–H groups in total. The van der Waals surface area contributed by atoms with Crippen LogP contribution in [0.3, 0.4) is 0 Å². The molecule has 0 radical (unpaired) electrons. The third-order valence-electron chi connectivity index (χ3n) is 4.63. The second kappa shape index (κ2) is 8.65. The summed E-state index contributed by atoms with van der Waals surface area (Å²) in [6, 6.07) is 14.5. The molecule has 1 aliphatic rings. The molecule has 1 saturated heterocycles. The standard InChI is InChI=1S/C20H24N2O4S/c1-16-4-2-3-5-18(16)14-20(23)21-15-17-6-8-19(9-7-17)27(24,25)22-10-12-26-13-11-22/h2-9H,10-15H2,1H3,(H,21,23). The molecule has 0 aliphatic carbocycles. The minimum Gasteiger partial charge on any atom is -0.379 e. The van der Waals surface area contributed by atoms with Crippen LogP contribution in [0.1, 0.15) is 16.7 Å². The van der Waals surface area contributed by atoms with Crippen LogP contribution in [0.25, 0.3) is 0 Å². The number of aryl methyl sites for hydroxylation is 1. The Bertz CT molecular complexity index is 888. The summed E-state index contributed by atoms with van der Waals surface area (Å²) in [5.74, 6) is -0.0608. The highest BCUT2D eigenvalue weighted by atomic mass is 32.2. The summed E-state index contributed by atoms with van der Waals surface area (Å²) in [7, 11) is -3.49. The number of carbonyl (C=O) groups excluding carboxylic acids is 1. The molecule has 0 saturated carbocycles. The van der Waals surface area contributed by atoms with Crippen LogP contribution >= 0.6 is 0 Å². The Labute approximate surface area is 160 Å². The summed E-state index contributed by atoms with van der Waals surface area (Å²) >= 11 is 0. The van der Waals surface area contributed by atoms with E-state index < -0.39 is 10.0 Å². The van der Waals surface area contributed by atoms with Gasteiger partial charge in [0.2, 0.25) is 15.9 Å². The molecular weight excluding hydrogens is 364 g/mol. The molecule has 0 atom stereocenters. The van der Waals surface area contributed by atoms with Crippen LogP contribution in [0.2, 0.25) is 0 Å². The van der Waals surface area contributed by atoms with Crippen molar-refractivity contribution in [2.75, 3.05) is 26.3 Å². The molecule has 1 fully saturated rings. The molecule has 0 unspecified atom stereocenters. The molecular formula is C20H24N2O4S. The Hall–Kier alpha value is -2.22. The SMILES string of the molecule is Cc1ccccc1CC(=O)NCc1ccc(S(=O)(=O)N2CCOCC2)cc1. The summed E-state index contributed by atoms with van der Waals surface area (Å²) in [6.07, 6.45) is 0.330. The van der Waals surface area contributed by atoms with Crippen LogP contribution in [0.4, 0.5) is 0 Å². The van der Waals surface area contributed by atoms with Crippen molar-refractivity contribution < 1.29 is 17.9 Å². The Balaban J connectivity index is 1.57. The summed E-state index contributed by atoms with van der Waals surface area (Å²) < 4.78 is 31.8. The molecule has 1 heterocycles. The third kappa shape index (κ3) is 4.94.